The van der Waals surface area contributed by atoms with Gasteiger partial charge in [0.15, 0.2) is 0 Å². The lowest BCUT2D eigenvalue weighted by Gasteiger charge is -2.16. The van der Waals surface area contributed by atoms with Crippen molar-refractivity contribution in [3.8, 4) is 0 Å². The van der Waals surface area contributed by atoms with E-state index in [2.05, 4.69) is 9.97 Å². The molecule has 2 atom stereocenters. The van der Waals surface area contributed by atoms with Gasteiger partial charge in [-0.1, -0.05) is 6.07 Å². The van der Waals surface area contributed by atoms with Crippen molar-refractivity contribution in [1.82, 2.24) is 14.9 Å². The molecule has 1 aliphatic heterocycles. The van der Waals surface area contributed by atoms with Gasteiger partial charge >= 0.3 is 0 Å². The number of nitrogens with zero attached hydrogens (tertiary/aromatic N) is 3. The summed E-state index contributed by atoms with van der Waals surface area (Å²) in [6.45, 7) is 1.14. The van der Waals surface area contributed by atoms with Crippen LogP contribution in [0.4, 0.5) is 8.78 Å². The molecule has 1 fully saturated rings. The Morgan fingerprint density at radius 2 is 1.95 bits per heavy atom. The van der Waals surface area contributed by atoms with Crippen LogP contribution in [-0.2, 0) is 13.0 Å². The second-order valence-corrected chi connectivity index (χ2v) is 5.62. The summed E-state index contributed by atoms with van der Waals surface area (Å²) < 4.78 is 27.4. The first-order valence-electron chi connectivity index (χ1n) is 7.21. The molecule has 6 heteroatoms. The molecule has 116 valence electrons. The maximum Gasteiger partial charge on any atom is 0.130 e. The molecule has 4 nitrogen and oxygen atoms in total. The molecule has 2 aromatic rings. The van der Waals surface area contributed by atoms with Gasteiger partial charge in [-0.25, -0.2) is 8.78 Å². The van der Waals surface area contributed by atoms with E-state index in [1.807, 2.05) is 4.90 Å². The van der Waals surface area contributed by atoms with Gasteiger partial charge in [-0.15, -0.1) is 0 Å². The lowest BCUT2D eigenvalue weighted by molar-refractivity contribution is 0.140. The highest BCUT2D eigenvalue weighted by molar-refractivity contribution is 5.19. The Balaban J connectivity index is 1.66. The van der Waals surface area contributed by atoms with E-state index < -0.39 is 17.7 Å². The van der Waals surface area contributed by atoms with Gasteiger partial charge in [0.25, 0.3) is 0 Å². The molecule has 0 saturated carbocycles. The fourth-order valence-corrected chi connectivity index (χ4v) is 2.88. The molecule has 0 radical (unpaired) electrons. The molecule has 1 aliphatic rings. The standard InChI is InChI=1S/C16H17F2N3O/c17-14-2-1-3-15(18)13(14)9-21-8-11(16(22)10-21)6-12-7-19-4-5-20-12/h1-5,7,11,16,22H,6,8-10H2/t11-,16-/m1/s1. The van der Waals surface area contributed by atoms with Crippen molar-refractivity contribution in [3.63, 3.8) is 0 Å². The Kier molecular flexibility index (Phi) is 4.40. The van der Waals surface area contributed by atoms with Crippen LogP contribution in [0.15, 0.2) is 36.8 Å². The SMILES string of the molecule is O[C@@H]1CN(Cc2c(F)cccc2F)C[C@H]1Cc1cnccn1. The Labute approximate surface area is 127 Å². The predicted octanol–water partition coefficient (Wildman–Crippen LogP) is 1.79. The number of hydrogen-bond acceptors (Lipinski definition) is 4. The van der Waals surface area contributed by atoms with Crippen molar-refractivity contribution in [1.29, 1.82) is 0 Å². The molecule has 1 aromatic carbocycles. The molecule has 1 N–H and O–H groups in total. The van der Waals surface area contributed by atoms with Crippen LogP contribution in [0.25, 0.3) is 0 Å². The van der Waals surface area contributed by atoms with Crippen molar-refractivity contribution in [2.24, 2.45) is 5.92 Å². The number of hydrogen-bond donors (Lipinski definition) is 1. The third-order valence-electron chi connectivity index (χ3n) is 4.01. The Bertz CT molecular complexity index is 618. The van der Waals surface area contributed by atoms with Crippen LogP contribution < -0.4 is 0 Å². The summed E-state index contributed by atoms with van der Waals surface area (Å²) in [5.74, 6) is -1.11. The number of aromatic nitrogens is 2. The molecule has 1 saturated heterocycles. The lowest BCUT2D eigenvalue weighted by Crippen LogP contribution is -2.22. The van der Waals surface area contributed by atoms with E-state index >= 15 is 0 Å². The summed E-state index contributed by atoms with van der Waals surface area (Å²) in [6.07, 6.45) is 4.96. The average molecular weight is 305 g/mol. The molecule has 1 aromatic heterocycles. The number of benzene rings is 1. The van der Waals surface area contributed by atoms with Crippen LogP contribution in [-0.4, -0.2) is 39.2 Å². The van der Waals surface area contributed by atoms with Crippen molar-refractivity contribution in [3.05, 3.63) is 59.7 Å². The molecule has 0 unspecified atom stereocenters. The molecule has 0 spiro atoms. The smallest absolute Gasteiger partial charge is 0.130 e. The average Bonchev–Trinajstić information content (AvgIpc) is 2.84. The highest BCUT2D eigenvalue weighted by atomic mass is 19.1. The minimum atomic E-state index is -0.549. The molecule has 0 amide bonds. The zero-order valence-corrected chi connectivity index (χ0v) is 12.0. The van der Waals surface area contributed by atoms with E-state index in [9.17, 15) is 13.9 Å². The van der Waals surface area contributed by atoms with Crippen LogP contribution in [0.1, 0.15) is 11.3 Å². The predicted molar refractivity (Wildman–Crippen MR) is 76.9 cm³/mol. The van der Waals surface area contributed by atoms with E-state index in [1.165, 1.54) is 18.2 Å². The molecule has 2 heterocycles. The third kappa shape index (κ3) is 3.28. The van der Waals surface area contributed by atoms with Gasteiger partial charge < -0.3 is 5.11 Å². The topological polar surface area (TPSA) is 49.2 Å². The molecule has 22 heavy (non-hydrogen) atoms. The Morgan fingerprint density at radius 3 is 2.64 bits per heavy atom. The van der Waals surface area contributed by atoms with Gasteiger partial charge in [0.05, 0.1) is 11.8 Å². The number of aliphatic hydroxyl groups excluding tert-OH is 1. The third-order valence-corrected chi connectivity index (χ3v) is 4.01. The number of likely N-dealkylation sites (tertiary alicyclic amines) is 1. The van der Waals surface area contributed by atoms with Gasteiger partial charge in [-0.3, -0.25) is 14.9 Å². The highest BCUT2D eigenvalue weighted by Crippen LogP contribution is 2.24. The summed E-state index contributed by atoms with van der Waals surface area (Å²) in [5, 5.41) is 10.2. The summed E-state index contributed by atoms with van der Waals surface area (Å²) in [7, 11) is 0. The molecule has 0 aliphatic carbocycles. The Morgan fingerprint density at radius 1 is 1.18 bits per heavy atom. The van der Waals surface area contributed by atoms with Gasteiger partial charge in [-0.2, -0.15) is 0 Å². The maximum atomic E-state index is 13.7. The molecule has 3 rings (SSSR count). The van der Waals surface area contributed by atoms with Gasteiger partial charge in [-0.05, 0) is 18.6 Å². The fourth-order valence-electron chi connectivity index (χ4n) is 2.88. The normalized spacial score (nSPS) is 22.1. The van der Waals surface area contributed by atoms with Crippen molar-refractivity contribution in [2.45, 2.75) is 19.1 Å². The van der Waals surface area contributed by atoms with Crippen LogP contribution in [0.2, 0.25) is 0 Å². The summed E-state index contributed by atoms with van der Waals surface area (Å²) in [5.41, 5.74) is 0.861. The van der Waals surface area contributed by atoms with Crippen LogP contribution in [0, 0.1) is 17.6 Å². The Hall–Kier alpha value is -1.92. The quantitative estimate of drug-likeness (QED) is 0.935. The molecular weight excluding hydrogens is 288 g/mol. The van der Waals surface area contributed by atoms with E-state index in [0.717, 1.165) is 5.69 Å². The monoisotopic (exact) mass is 305 g/mol. The molecular formula is C16H17F2N3O. The summed E-state index contributed by atoms with van der Waals surface area (Å²) in [4.78, 5) is 10.1. The van der Waals surface area contributed by atoms with Crippen LogP contribution >= 0.6 is 0 Å². The molecule has 0 bridgehead atoms. The van der Waals surface area contributed by atoms with E-state index in [0.29, 0.717) is 19.5 Å². The summed E-state index contributed by atoms with van der Waals surface area (Å²) >= 11 is 0. The zero-order valence-electron chi connectivity index (χ0n) is 12.0. The van der Waals surface area contributed by atoms with E-state index in [4.69, 9.17) is 0 Å². The number of halogens is 2. The first-order chi connectivity index (χ1) is 10.6. The largest absolute Gasteiger partial charge is 0.391 e. The zero-order chi connectivity index (χ0) is 15.5. The summed E-state index contributed by atoms with van der Waals surface area (Å²) in [6, 6.07) is 3.85. The van der Waals surface area contributed by atoms with Gasteiger partial charge in [0, 0.05) is 49.7 Å². The van der Waals surface area contributed by atoms with Crippen molar-refractivity contribution < 1.29 is 13.9 Å². The first-order valence-corrected chi connectivity index (χ1v) is 7.21. The van der Waals surface area contributed by atoms with Crippen LogP contribution in [0.3, 0.4) is 0 Å². The van der Waals surface area contributed by atoms with Crippen LogP contribution in [0.5, 0.6) is 0 Å². The number of aliphatic hydroxyl groups is 1. The first kappa shape index (κ1) is 15.0. The van der Waals surface area contributed by atoms with Gasteiger partial charge in [0.1, 0.15) is 11.6 Å². The minimum absolute atomic E-state index is 0.00784. The maximum absolute atomic E-state index is 13.7. The van der Waals surface area contributed by atoms with E-state index in [1.54, 1.807) is 18.6 Å². The van der Waals surface area contributed by atoms with Gasteiger partial charge in [0.2, 0.25) is 0 Å². The van der Waals surface area contributed by atoms with Crippen molar-refractivity contribution in [2.75, 3.05) is 13.1 Å². The lowest BCUT2D eigenvalue weighted by atomic mass is 10.0. The highest BCUT2D eigenvalue weighted by Gasteiger charge is 2.32. The number of rotatable bonds is 4. The second-order valence-electron chi connectivity index (χ2n) is 5.62. The minimum Gasteiger partial charge on any atom is -0.391 e. The number of β-amino-alcohol motifs (C(OH)–C–C–N with tert-alkyl or cyclic N) is 1. The van der Waals surface area contributed by atoms with E-state index in [-0.39, 0.29) is 18.0 Å². The second kappa shape index (κ2) is 6.46. The van der Waals surface area contributed by atoms with Crippen molar-refractivity contribution >= 4 is 0 Å². The fraction of sp³-hybridized carbons (Fsp3) is 0.375.